The van der Waals surface area contributed by atoms with Crippen molar-refractivity contribution in [2.24, 2.45) is 5.73 Å². The quantitative estimate of drug-likeness (QED) is 0.932. The first kappa shape index (κ1) is 11.8. The minimum atomic E-state index is -3.29. The van der Waals surface area contributed by atoms with E-state index in [1.165, 1.54) is 0 Å². The summed E-state index contributed by atoms with van der Waals surface area (Å²) in [4.78, 5) is 0.863. The fourth-order valence-corrected chi connectivity index (χ4v) is 4.53. The summed E-state index contributed by atoms with van der Waals surface area (Å²) >= 11 is 3.28. The Bertz CT molecular complexity index is 549. The first-order chi connectivity index (χ1) is 7.57. The molecule has 0 amide bonds. The van der Waals surface area contributed by atoms with Gasteiger partial charge in [-0.2, -0.15) is 0 Å². The SMILES string of the molecule is NCCCC1=Cc2cccc(Br)c2S1(=O)=O. The Morgan fingerprint density at radius 3 is 2.69 bits per heavy atom. The van der Waals surface area contributed by atoms with Gasteiger partial charge in [0.05, 0.1) is 4.90 Å². The molecule has 1 aromatic rings. The predicted molar refractivity (Wildman–Crippen MR) is 67.6 cm³/mol. The smallest absolute Gasteiger partial charge is 0.204 e. The summed E-state index contributed by atoms with van der Waals surface area (Å²) in [6, 6.07) is 5.39. The fraction of sp³-hybridized carbons (Fsp3) is 0.273. The Balaban J connectivity index is 2.48. The third kappa shape index (κ3) is 1.83. The molecule has 0 unspecified atom stereocenters. The van der Waals surface area contributed by atoms with Crippen LogP contribution in [0.25, 0.3) is 6.08 Å². The Morgan fingerprint density at radius 2 is 2.06 bits per heavy atom. The molecule has 0 fully saturated rings. The van der Waals surface area contributed by atoms with Gasteiger partial charge in [-0.1, -0.05) is 12.1 Å². The molecule has 0 saturated heterocycles. The van der Waals surface area contributed by atoms with E-state index in [1.54, 1.807) is 12.1 Å². The lowest BCUT2D eigenvalue weighted by atomic mass is 10.2. The van der Waals surface area contributed by atoms with Crippen LogP contribution in [0.3, 0.4) is 0 Å². The zero-order valence-corrected chi connectivity index (χ0v) is 11.0. The third-order valence-corrected chi connectivity index (χ3v) is 5.48. The van der Waals surface area contributed by atoms with Crippen molar-refractivity contribution < 1.29 is 8.42 Å². The normalized spacial score (nSPS) is 17.0. The summed E-state index contributed by atoms with van der Waals surface area (Å²) < 4.78 is 25.0. The number of nitrogens with two attached hydrogens (primary N) is 1. The summed E-state index contributed by atoms with van der Waals surface area (Å²) in [6.07, 6.45) is 2.95. The highest BCUT2D eigenvalue weighted by Crippen LogP contribution is 2.39. The predicted octanol–water partition coefficient (Wildman–Crippen LogP) is 2.32. The highest BCUT2D eigenvalue weighted by molar-refractivity contribution is 9.10. The topological polar surface area (TPSA) is 60.2 Å². The maximum atomic E-state index is 12.2. The number of halogens is 1. The van der Waals surface area contributed by atoms with Crippen molar-refractivity contribution in [3.8, 4) is 0 Å². The van der Waals surface area contributed by atoms with Gasteiger partial charge in [0.15, 0.2) is 0 Å². The molecule has 86 valence electrons. The fourth-order valence-electron chi connectivity index (χ4n) is 1.79. The second-order valence-electron chi connectivity index (χ2n) is 3.66. The average Bonchev–Trinajstić information content (AvgIpc) is 2.48. The van der Waals surface area contributed by atoms with Crippen LogP contribution < -0.4 is 5.73 Å². The minimum Gasteiger partial charge on any atom is -0.330 e. The molecule has 0 aromatic heterocycles. The van der Waals surface area contributed by atoms with E-state index in [-0.39, 0.29) is 0 Å². The Morgan fingerprint density at radius 1 is 1.31 bits per heavy atom. The van der Waals surface area contributed by atoms with Crippen molar-refractivity contribution in [3.05, 3.63) is 33.1 Å². The summed E-state index contributed by atoms with van der Waals surface area (Å²) in [7, 11) is -3.29. The van der Waals surface area contributed by atoms with E-state index in [1.807, 2.05) is 12.1 Å². The molecule has 0 bridgehead atoms. The van der Waals surface area contributed by atoms with Crippen LogP contribution in [0.1, 0.15) is 18.4 Å². The van der Waals surface area contributed by atoms with Gasteiger partial charge in [-0.25, -0.2) is 8.42 Å². The monoisotopic (exact) mass is 301 g/mol. The minimum absolute atomic E-state index is 0.391. The molecule has 0 spiro atoms. The molecule has 1 aliphatic heterocycles. The summed E-state index contributed by atoms with van der Waals surface area (Å²) in [5.41, 5.74) is 6.16. The highest BCUT2D eigenvalue weighted by atomic mass is 79.9. The number of benzene rings is 1. The van der Waals surface area contributed by atoms with Crippen LogP contribution in [-0.2, 0) is 9.84 Å². The number of rotatable bonds is 3. The molecule has 0 aliphatic carbocycles. The Kier molecular flexibility index (Phi) is 3.19. The summed E-state index contributed by atoms with van der Waals surface area (Å²) in [5.74, 6) is 0. The molecule has 5 heteroatoms. The van der Waals surface area contributed by atoms with Gasteiger partial charge in [0.25, 0.3) is 0 Å². The number of hydrogen-bond acceptors (Lipinski definition) is 3. The third-order valence-electron chi connectivity index (χ3n) is 2.56. The van der Waals surface area contributed by atoms with E-state index in [0.29, 0.717) is 33.7 Å². The van der Waals surface area contributed by atoms with Crippen LogP contribution in [0.2, 0.25) is 0 Å². The molecule has 0 saturated carbocycles. The van der Waals surface area contributed by atoms with E-state index < -0.39 is 9.84 Å². The molecule has 16 heavy (non-hydrogen) atoms. The zero-order chi connectivity index (χ0) is 11.8. The van der Waals surface area contributed by atoms with Gasteiger partial charge in [-0.05, 0) is 53.0 Å². The molecule has 2 N–H and O–H groups in total. The summed E-state index contributed by atoms with van der Waals surface area (Å²) in [5, 5.41) is 0. The summed E-state index contributed by atoms with van der Waals surface area (Å²) in [6.45, 7) is 0.504. The molecule has 3 nitrogen and oxygen atoms in total. The number of fused-ring (bicyclic) bond motifs is 1. The molecule has 1 aromatic carbocycles. The zero-order valence-electron chi connectivity index (χ0n) is 8.61. The Labute approximate surface area is 103 Å². The average molecular weight is 302 g/mol. The van der Waals surface area contributed by atoms with Crippen LogP contribution >= 0.6 is 15.9 Å². The van der Waals surface area contributed by atoms with Gasteiger partial charge in [-0.3, -0.25) is 0 Å². The van der Waals surface area contributed by atoms with Crippen molar-refractivity contribution in [1.29, 1.82) is 0 Å². The largest absolute Gasteiger partial charge is 0.330 e. The van der Waals surface area contributed by atoms with Gasteiger partial charge in [0.2, 0.25) is 9.84 Å². The Hall–Kier alpha value is -0.650. The standard InChI is InChI=1S/C11H12BrNO2S/c12-10-5-1-3-8-7-9(4-2-6-13)16(14,15)11(8)10/h1,3,5,7H,2,4,6,13H2. The number of allylic oxidation sites excluding steroid dienone is 1. The van der Waals surface area contributed by atoms with Crippen LogP contribution in [0.15, 0.2) is 32.5 Å². The van der Waals surface area contributed by atoms with Crippen molar-refractivity contribution in [2.45, 2.75) is 17.7 Å². The van der Waals surface area contributed by atoms with Crippen LogP contribution in [0.4, 0.5) is 0 Å². The van der Waals surface area contributed by atoms with Gasteiger partial charge in [0.1, 0.15) is 0 Å². The van der Waals surface area contributed by atoms with E-state index in [0.717, 1.165) is 5.56 Å². The van der Waals surface area contributed by atoms with Crippen LogP contribution in [0, 0.1) is 0 Å². The second-order valence-corrected chi connectivity index (χ2v) is 6.46. The first-order valence-corrected chi connectivity index (χ1v) is 7.29. The molecule has 2 rings (SSSR count). The molecular weight excluding hydrogens is 290 g/mol. The number of sulfone groups is 1. The van der Waals surface area contributed by atoms with Crippen molar-refractivity contribution >= 4 is 31.8 Å². The lowest BCUT2D eigenvalue weighted by molar-refractivity contribution is 0.600. The van der Waals surface area contributed by atoms with Crippen molar-refractivity contribution in [3.63, 3.8) is 0 Å². The maximum absolute atomic E-state index is 12.2. The van der Waals surface area contributed by atoms with Gasteiger partial charge >= 0.3 is 0 Å². The van der Waals surface area contributed by atoms with E-state index in [9.17, 15) is 8.42 Å². The molecular formula is C11H12BrNO2S. The van der Waals surface area contributed by atoms with Crippen molar-refractivity contribution in [2.75, 3.05) is 6.54 Å². The lowest BCUT2D eigenvalue weighted by Gasteiger charge is -2.04. The van der Waals surface area contributed by atoms with Gasteiger partial charge in [-0.15, -0.1) is 0 Å². The molecule has 0 radical (unpaired) electrons. The van der Waals surface area contributed by atoms with E-state index in [4.69, 9.17) is 5.73 Å². The van der Waals surface area contributed by atoms with Crippen molar-refractivity contribution in [1.82, 2.24) is 0 Å². The first-order valence-electron chi connectivity index (χ1n) is 5.01. The molecule has 1 aliphatic rings. The number of hydrogen-bond donors (Lipinski definition) is 1. The second kappa shape index (κ2) is 4.31. The highest BCUT2D eigenvalue weighted by Gasteiger charge is 2.30. The molecule has 1 heterocycles. The van der Waals surface area contributed by atoms with Crippen LogP contribution in [-0.4, -0.2) is 15.0 Å². The van der Waals surface area contributed by atoms with Gasteiger partial charge in [0, 0.05) is 9.38 Å². The van der Waals surface area contributed by atoms with Gasteiger partial charge < -0.3 is 5.73 Å². The van der Waals surface area contributed by atoms with Crippen LogP contribution in [0.5, 0.6) is 0 Å². The molecule has 0 atom stereocenters. The van der Waals surface area contributed by atoms with E-state index >= 15 is 0 Å². The van der Waals surface area contributed by atoms with E-state index in [2.05, 4.69) is 15.9 Å². The maximum Gasteiger partial charge on any atom is 0.204 e. The lowest BCUT2D eigenvalue weighted by Crippen LogP contribution is -2.04.